The molecule has 4 heterocycles. The molecule has 0 aliphatic carbocycles. The lowest BCUT2D eigenvalue weighted by molar-refractivity contribution is 1.01. The van der Waals surface area contributed by atoms with Gasteiger partial charge in [0.2, 0.25) is 5.95 Å². The second-order valence-corrected chi connectivity index (χ2v) is 12.2. The normalized spacial score (nSPS) is 12.1. The Kier molecular flexibility index (Phi) is 4.84. The fraction of sp³-hybridized carbons (Fsp3) is 0. The number of thiophene rings is 1. The Hall–Kier alpha value is -5.65. The summed E-state index contributed by atoms with van der Waals surface area (Å²) in [6, 6.07) is 45.1. The fourth-order valence-corrected chi connectivity index (χ4v) is 8.26. The van der Waals surface area contributed by atoms with E-state index in [1.54, 1.807) is 0 Å². The molecule has 0 saturated carbocycles. The summed E-state index contributed by atoms with van der Waals surface area (Å²) < 4.78 is 4.84. The first-order valence-electron chi connectivity index (χ1n) is 14.7. The van der Waals surface area contributed by atoms with Crippen molar-refractivity contribution in [3.63, 3.8) is 0 Å². The number of nitrogens with zero attached hydrogens (tertiary/aromatic N) is 4. The molecule has 5 heteroatoms. The van der Waals surface area contributed by atoms with Gasteiger partial charge in [-0.3, -0.25) is 4.57 Å². The van der Waals surface area contributed by atoms with E-state index in [2.05, 4.69) is 126 Å². The molecule has 0 N–H and O–H groups in total. The van der Waals surface area contributed by atoms with Crippen LogP contribution in [0.2, 0.25) is 0 Å². The van der Waals surface area contributed by atoms with Crippen LogP contribution >= 0.6 is 11.3 Å². The summed E-state index contributed by atoms with van der Waals surface area (Å²) in [6.45, 7) is 0. The lowest BCUT2D eigenvalue weighted by Gasteiger charge is -2.13. The Balaban J connectivity index is 1.44. The van der Waals surface area contributed by atoms with Gasteiger partial charge in [0.15, 0.2) is 5.65 Å². The molecule has 0 fully saturated rings. The van der Waals surface area contributed by atoms with E-state index in [1.165, 1.54) is 47.1 Å². The summed E-state index contributed by atoms with van der Waals surface area (Å²) in [7, 11) is 0. The van der Waals surface area contributed by atoms with E-state index in [9.17, 15) is 0 Å². The molecule has 0 atom stereocenters. The average Bonchev–Trinajstić information content (AvgIpc) is 3.64. The van der Waals surface area contributed by atoms with Crippen molar-refractivity contribution in [2.75, 3.05) is 0 Å². The number of hydrogen-bond acceptors (Lipinski definition) is 4. The molecule has 0 bridgehead atoms. The quantitative estimate of drug-likeness (QED) is 0.205. The van der Waals surface area contributed by atoms with Crippen molar-refractivity contribution in [2.24, 2.45) is 0 Å². The van der Waals surface area contributed by atoms with Gasteiger partial charge in [-0.25, -0.2) is 9.97 Å². The Labute approximate surface area is 255 Å². The van der Waals surface area contributed by atoms with Crippen LogP contribution in [0.25, 0.3) is 91.8 Å². The van der Waals surface area contributed by atoms with Crippen molar-refractivity contribution in [3.8, 4) is 17.2 Å². The van der Waals surface area contributed by atoms with Gasteiger partial charge in [0.25, 0.3) is 0 Å². The lowest BCUT2D eigenvalue weighted by Crippen LogP contribution is -2.04. The van der Waals surface area contributed by atoms with E-state index >= 15 is 0 Å². The van der Waals surface area contributed by atoms with Gasteiger partial charge in [0.1, 0.15) is 0 Å². The van der Waals surface area contributed by atoms with E-state index < -0.39 is 0 Å². The van der Waals surface area contributed by atoms with Crippen LogP contribution in [0.5, 0.6) is 0 Å². The largest absolute Gasteiger partial charge is 0.277 e. The van der Waals surface area contributed by atoms with Crippen LogP contribution < -0.4 is 0 Å². The zero-order valence-electron chi connectivity index (χ0n) is 23.4. The number of benzene rings is 6. The molecule has 0 saturated heterocycles. The zero-order valence-corrected chi connectivity index (χ0v) is 24.2. The molecule has 6 aromatic carbocycles. The Bertz CT molecular complexity index is 2780. The molecule has 204 valence electrons. The number of para-hydroxylation sites is 1. The highest BCUT2D eigenvalue weighted by molar-refractivity contribution is 7.27. The van der Waals surface area contributed by atoms with Crippen molar-refractivity contribution < 1.29 is 0 Å². The number of aromatic nitrogens is 4. The number of fused-ring (bicyclic) bond motifs is 12. The van der Waals surface area contributed by atoms with E-state index in [1.807, 2.05) is 23.6 Å². The second kappa shape index (κ2) is 8.93. The first-order valence-corrected chi connectivity index (χ1v) is 15.5. The van der Waals surface area contributed by atoms with Gasteiger partial charge < -0.3 is 0 Å². The van der Waals surface area contributed by atoms with Gasteiger partial charge in [-0.1, -0.05) is 103 Å². The third kappa shape index (κ3) is 3.19. The summed E-state index contributed by atoms with van der Waals surface area (Å²) in [4.78, 5) is 15.4. The smallest absolute Gasteiger partial charge is 0.237 e. The van der Waals surface area contributed by atoms with Crippen molar-refractivity contribution in [3.05, 3.63) is 134 Å². The molecule has 44 heavy (non-hydrogen) atoms. The highest BCUT2D eigenvalue weighted by Crippen LogP contribution is 2.47. The lowest BCUT2D eigenvalue weighted by atomic mass is 10.00. The highest BCUT2D eigenvalue weighted by atomic mass is 32.1. The molecule has 0 spiro atoms. The highest BCUT2D eigenvalue weighted by Gasteiger charge is 2.24. The standard InChI is InChI=1S/C39H22N4S/c1-2-13-24-23(11-1)12-9-18-26(24)35-30-19-10-22-40-38(30)42-39(41-35)43-31-20-7-5-16-28(31)33-25-14-3-4-15-27(25)37-34(36(33)43)29-17-6-8-21-32(29)44-37/h1-22H. The molecule has 0 radical (unpaired) electrons. The van der Waals surface area contributed by atoms with Crippen molar-refractivity contribution in [1.29, 1.82) is 0 Å². The van der Waals surface area contributed by atoms with E-state index in [0.29, 0.717) is 11.6 Å². The number of rotatable bonds is 2. The van der Waals surface area contributed by atoms with Crippen LogP contribution in [0.4, 0.5) is 0 Å². The predicted molar refractivity (Wildman–Crippen MR) is 185 cm³/mol. The maximum Gasteiger partial charge on any atom is 0.237 e. The first-order chi connectivity index (χ1) is 21.8. The molecule has 4 aromatic heterocycles. The van der Waals surface area contributed by atoms with Gasteiger partial charge in [-0.15, -0.1) is 11.3 Å². The monoisotopic (exact) mass is 578 g/mol. The van der Waals surface area contributed by atoms with Gasteiger partial charge in [-0.05, 0) is 40.4 Å². The van der Waals surface area contributed by atoms with Crippen LogP contribution in [-0.2, 0) is 0 Å². The maximum absolute atomic E-state index is 5.43. The molecule has 0 aliphatic heterocycles. The summed E-state index contributed by atoms with van der Waals surface area (Å²) in [6.07, 6.45) is 1.82. The van der Waals surface area contributed by atoms with E-state index in [-0.39, 0.29) is 0 Å². The molecule has 4 nitrogen and oxygen atoms in total. The van der Waals surface area contributed by atoms with Gasteiger partial charge in [0.05, 0.1) is 16.7 Å². The fourth-order valence-electron chi connectivity index (χ4n) is 7.01. The van der Waals surface area contributed by atoms with E-state index in [0.717, 1.165) is 33.1 Å². The molecule has 10 aromatic rings. The average molecular weight is 579 g/mol. The molecule has 0 aliphatic rings. The van der Waals surface area contributed by atoms with Crippen LogP contribution in [0.1, 0.15) is 0 Å². The third-order valence-electron chi connectivity index (χ3n) is 8.85. The SMILES string of the molecule is c1ccc2c(-c3nc(-n4c5ccccc5c5c6ccccc6c6sc7ccccc7c6c54)nc4ncccc34)cccc2c1. The van der Waals surface area contributed by atoms with E-state index in [4.69, 9.17) is 15.0 Å². The Morgan fingerprint density at radius 2 is 1.23 bits per heavy atom. The number of hydrogen-bond donors (Lipinski definition) is 0. The number of pyridine rings is 1. The van der Waals surface area contributed by atoms with Crippen LogP contribution in [-0.4, -0.2) is 19.5 Å². The third-order valence-corrected chi connectivity index (χ3v) is 10.1. The summed E-state index contributed by atoms with van der Waals surface area (Å²) in [5, 5.41) is 10.7. The topological polar surface area (TPSA) is 43.6 Å². The Morgan fingerprint density at radius 1 is 0.523 bits per heavy atom. The molecule has 0 amide bonds. The van der Waals surface area contributed by atoms with Gasteiger partial charge >= 0.3 is 0 Å². The molecular weight excluding hydrogens is 557 g/mol. The summed E-state index contributed by atoms with van der Waals surface area (Å²) >= 11 is 1.86. The first kappa shape index (κ1) is 23.9. The van der Waals surface area contributed by atoms with Gasteiger partial charge in [-0.2, -0.15) is 4.98 Å². The molecular formula is C39H22N4S. The maximum atomic E-state index is 5.43. The van der Waals surface area contributed by atoms with Crippen molar-refractivity contribution in [1.82, 2.24) is 19.5 Å². The van der Waals surface area contributed by atoms with Crippen LogP contribution in [0, 0.1) is 0 Å². The minimum absolute atomic E-state index is 0.622. The van der Waals surface area contributed by atoms with Crippen molar-refractivity contribution in [2.45, 2.75) is 0 Å². The minimum Gasteiger partial charge on any atom is -0.277 e. The predicted octanol–water partition coefficient (Wildman–Crippen LogP) is 10.5. The summed E-state index contributed by atoms with van der Waals surface area (Å²) in [5.41, 5.74) is 4.85. The van der Waals surface area contributed by atoms with Crippen molar-refractivity contribution >= 4 is 85.9 Å². The second-order valence-electron chi connectivity index (χ2n) is 11.2. The summed E-state index contributed by atoms with van der Waals surface area (Å²) in [5.74, 6) is 0.622. The molecule has 0 unspecified atom stereocenters. The van der Waals surface area contributed by atoms with Crippen LogP contribution in [0.3, 0.4) is 0 Å². The Morgan fingerprint density at radius 3 is 2.14 bits per heavy atom. The van der Waals surface area contributed by atoms with Crippen LogP contribution in [0.15, 0.2) is 134 Å². The zero-order chi connectivity index (χ0) is 28.8. The molecule has 10 rings (SSSR count). The van der Waals surface area contributed by atoms with Gasteiger partial charge in [0, 0.05) is 53.5 Å². The minimum atomic E-state index is 0.622.